The van der Waals surface area contributed by atoms with Gasteiger partial charge in [0.15, 0.2) is 5.13 Å². The maximum absolute atomic E-state index is 12.3. The first-order valence-electron chi connectivity index (χ1n) is 8.03. The van der Waals surface area contributed by atoms with Crippen LogP contribution < -0.4 is 5.32 Å². The molecule has 2 heterocycles. The first kappa shape index (κ1) is 17.8. The third-order valence-electron chi connectivity index (χ3n) is 3.71. The number of aryl methyl sites for hydroxylation is 2. The van der Waals surface area contributed by atoms with Crippen LogP contribution in [-0.2, 0) is 16.1 Å². The third-order valence-corrected chi connectivity index (χ3v) is 5.61. The lowest BCUT2D eigenvalue weighted by Crippen LogP contribution is -2.27. The number of anilines is 1. The molecule has 0 radical (unpaired) electrons. The molecule has 0 fully saturated rings. The number of hydrogen-bond donors (Lipinski definition) is 1. The number of nitrogens with zero attached hydrogens (tertiary/aromatic N) is 1. The number of thiazole rings is 1. The van der Waals surface area contributed by atoms with Crippen molar-refractivity contribution in [1.82, 2.24) is 4.98 Å². The molecule has 0 aliphatic rings. The summed E-state index contributed by atoms with van der Waals surface area (Å²) in [5, 5.41) is 3.47. The molecular formula is C19H20N2O2S2. The van der Waals surface area contributed by atoms with Crippen molar-refractivity contribution < 1.29 is 9.53 Å². The normalized spacial score (nSPS) is 12.1. The van der Waals surface area contributed by atoms with Gasteiger partial charge in [-0.25, -0.2) is 4.98 Å². The van der Waals surface area contributed by atoms with Gasteiger partial charge in [0, 0.05) is 9.75 Å². The van der Waals surface area contributed by atoms with E-state index in [2.05, 4.69) is 29.4 Å². The summed E-state index contributed by atoms with van der Waals surface area (Å²) in [6.45, 7) is 6.26. The fraction of sp³-hybridized carbons (Fsp3) is 0.263. The van der Waals surface area contributed by atoms with Crippen LogP contribution in [0.5, 0.6) is 0 Å². The molecular weight excluding hydrogens is 352 g/mol. The van der Waals surface area contributed by atoms with E-state index in [1.165, 1.54) is 16.2 Å². The van der Waals surface area contributed by atoms with Crippen molar-refractivity contribution in [3.63, 3.8) is 0 Å². The van der Waals surface area contributed by atoms with Gasteiger partial charge in [0.25, 0.3) is 5.91 Å². The molecule has 0 aliphatic carbocycles. The van der Waals surface area contributed by atoms with Crippen molar-refractivity contribution in [2.75, 3.05) is 5.32 Å². The zero-order valence-corrected chi connectivity index (χ0v) is 16.0. The molecule has 1 unspecified atom stereocenters. The molecule has 3 rings (SSSR count). The zero-order chi connectivity index (χ0) is 17.8. The highest BCUT2D eigenvalue weighted by molar-refractivity contribution is 7.18. The Morgan fingerprint density at radius 2 is 1.92 bits per heavy atom. The number of rotatable bonds is 6. The largest absolute Gasteiger partial charge is 0.364 e. The second kappa shape index (κ2) is 7.91. The van der Waals surface area contributed by atoms with Gasteiger partial charge in [-0.3, -0.25) is 10.1 Å². The number of aromatic nitrogens is 1. The number of carbonyl (C=O) groups is 1. The van der Waals surface area contributed by atoms with Gasteiger partial charge in [-0.1, -0.05) is 30.3 Å². The molecule has 1 atom stereocenters. The van der Waals surface area contributed by atoms with Gasteiger partial charge in [0.05, 0.1) is 17.2 Å². The summed E-state index contributed by atoms with van der Waals surface area (Å²) in [7, 11) is 0. The summed E-state index contributed by atoms with van der Waals surface area (Å²) in [6.07, 6.45) is -0.545. The monoisotopic (exact) mass is 372 g/mol. The number of nitrogens with one attached hydrogen (secondary N) is 1. The van der Waals surface area contributed by atoms with Crippen molar-refractivity contribution in [2.45, 2.75) is 33.5 Å². The fourth-order valence-electron chi connectivity index (χ4n) is 2.32. The molecule has 130 valence electrons. The average molecular weight is 373 g/mol. The van der Waals surface area contributed by atoms with E-state index in [0.29, 0.717) is 11.7 Å². The number of carbonyl (C=O) groups excluding carboxylic acids is 1. The predicted molar refractivity (Wildman–Crippen MR) is 104 cm³/mol. The molecule has 1 amide bonds. The molecule has 6 heteroatoms. The van der Waals surface area contributed by atoms with Crippen LogP contribution in [0.4, 0.5) is 5.13 Å². The molecule has 0 aliphatic heterocycles. The minimum atomic E-state index is -0.545. The topological polar surface area (TPSA) is 51.2 Å². The van der Waals surface area contributed by atoms with Gasteiger partial charge in [0.1, 0.15) is 6.10 Å². The second-order valence-electron chi connectivity index (χ2n) is 5.76. The van der Waals surface area contributed by atoms with E-state index >= 15 is 0 Å². The molecule has 4 nitrogen and oxygen atoms in total. The van der Waals surface area contributed by atoms with Crippen molar-refractivity contribution in [3.8, 4) is 10.6 Å². The maximum Gasteiger partial charge on any atom is 0.255 e. The Kier molecular flexibility index (Phi) is 5.63. The van der Waals surface area contributed by atoms with Gasteiger partial charge in [-0.15, -0.1) is 22.7 Å². The molecule has 1 N–H and O–H groups in total. The van der Waals surface area contributed by atoms with Crippen molar-refractivity contribution in [2.24, 2.45) is 0 Å². The summed E-state index contributed by atoms with van der Waals surface area (Å²) in [4.78, 5) is 20.4. The predicted octanol–water partition coefficient (Wildman–Crippen LogP) is 5.03. The van der Waals surface area contributed by atoms with E-state index in [9.17, 15) is 4.79 Å². The summed E-state index contributed by atoms with van der Waals surface area (Å²) >= 11 is 3.19. The Morgan fingerprint density at radius 3 is 2.60 bits per heavy atom. The van der Waals surface area contributed by atoms with E-state index in [1.807, 2.05) is 37.3 Å². The van der Waals surface area contributed by atoms with Crippen LogP contribution in [0.25, 0.3) is 10.6 Å². The first-order chi connectivity index (χ1) is 12.0. The lowest BCUT2D eigenvalue weighted by Gasteiger charge is -2.12. The summed E-state index contributed by atoms with van der Waals surface area (Å²) in [6, 6.07) is 14.0. The number of amides is 1. The highest BCUT2D eigenvalue weighted by Crippen LogP contribution is 2.34. The van der Waals surface area contributed by atoms with Gasteiger partial charge < -0.3 is 4.74 Å². The second-order valence-corrected chi connectivity index (χ2v) is 8.25. The number of benzene rings is 1. The Morgan fingerprint density at radius 1 is 1.16 bits per heavy atom. The van der Waals surface area contributed by atoms with Crippen LogP contribution >= 0.6 is 22.7 Å². The first-order valence-corrected chi connectivity index (χ1v) is 9.67. The van der Waals surface area contributed by atoms with E-state index in [1.54, 1.807) is 18.3 Å². The van der Waals surface area contributed by atoms with Gasteiger partial charge in [0.2, 0.25) is 0 Å². The van der Waals surface area contributed by atoms with Crippen LogP contribution in [0.15, 0.2) is 42.5 Å². The molecule has 0 saturated carbocycles. The third kappa shape index (κ3) is 4.54. The quantitative estimate of drug-likeness (QED) is 0.660. The molecule has 0 bridgehead atoms. The van der Waals surface area contributed by atoms with Gasteiger partial charge in [-0.2, -0.15) is 0 Å². The Balaban J connectivity index is 1.61. The van der Waals surface area contributed by atoms with Crippen LogP contribution in [0.2, 0.25) is 0 Å². The van der Waals surface area contributed by atoms with Crippen LogP contribution in [0.1, 0.15) is 22.2 Å². The Hall–Kier alpha value is -2.02. The summed E-state index contributed by atoms with van der Waals surface area (Å²) in [5.74, 6) is -0.182. The smallest absolute Gasteiger partial charge is 0.255 e. The lowest BCUT2D eigenvalue weighted by molar-refractivity contribution is -0.127. The highest BCUT2D eigenvalue weighted by atomic mass is 32.1. The number of ether oxygens (including phenoxy) is 1. The number of thiophene rings is 1. The van der Waals surface area contributed by atoms with Crippen LogP contribution in [0.3, 0.4) is 0 Å². The van der Waals surface area contributed by atoms with Gasteiger partial charge >= 0.3 is 0 Å². The minimum absolute atomic E-state index is 0.182. The summed E-state index contributed by atoms with van der Waals surface area (Å²) < 4.78 is 5.65. The van der Waals surface area contributed by atoms with E-state index in [4.69, 9.17) is 4.74 Å². The van der Waals surface area contributed by atoms with E-state index in [0.717, 1.165) is 21.0 Å². The van der Waals surface area contributed by atoms with E-state index in [-0.39, 0.29) is 5.91 Å². The molecule has 1 aromatic carbocycles. The fourth-order valence-corrected chi connectivity index (χ4v) is 4.13. The van der Waals surface area contributed by atoms with E-state index < -0.39 is 6.10 Å². The van der Waals surface area contributed by atoms with Crippen molar-refractivity contribution in [3.05, 3.63) is 57.8 Å². The SMILES string of the molecule is Cc1ccc(-c2nc(NC(=O)C(C)OCc3ccccc3)sc2C)s1. The standard InChI is InChI=1S/C19H20N2O2S2/c1-12-9-10-16(24-12)17-14(3)25-19(20-17)21-18(22)13(2)23-11-15-7-5-4-6-8-15/h4-10,13H,11H2,1-3H3,(H,20,21,22). The van der Waals surface area contributed by atoms with Crippen molar-refractivity contribution >= 4 is 33.7 Å². The molecule has 3 aromatic rings. The molecule has 0 spiro atoms. The van der Waals surface area contributed by atoms with Crippen LogP contribution in [0, 0.1) is 13.8 Å². The minimum Gasteiger partial charge on any atom is -0.364 e. The summed E-state index contributed by atoms with van der Waals surface area (Å²) in [5.41, 5.74) is 1.99. The average Bonchev–Trinajstić information content (AvgIpc) is 3.19. The molecule has 0 saturated heterocycles. The van der Waals surface area contributed by atoms with Crippen LogP contribution in [-0.4, -0.2) is 17.0 Å². The maximum atomic E-state index is 12.3. The number of hydrogen-bond acceptors (Lipinski definition) is 5. The molecule has 25 heavy (non-hydrogen) atoms. The Bertz CT molecular complexity index is 855. The Labute approximate surface area is 155 Å². The highest BCUT2D eigenvalue weighted by Gasteiger charge is 2.17. The zero-order valence-electron chi connectivity index (χ0n) is 14.4. The lowest BCUT2D eigenvalue weighted by atomic mass is 10.2. The van der Waals surface area contributed by atoms with Crippen molar-refractivity contribution in [1.29, 1.82) is 0 Å². The van der Waals surface area contributed by atoms with Gasteiger partial charge in [-0.05, 0) is 38.5 Å². The molecule has 2 aromatic heterocycles.